The molecular weight excluding hydrogens is 264 g/mol. The molecule has 0 unspecified atom stereocenters. The van der Waals surface area contributed by atoms with E-state index in [9.17, 15) is 0 Å². The third-order valence-electron chi connectivity index (χ3n) is 3.90. The molecule has 0 bridgehead atoms. The number of aromatic nitrogens is 1. The zero-order valence-electron chi connectivity index (χ0n) is 13.1. The Morgan fingerprint density at radius 2 is 2.10 bits per heavy atom. The summed E-state index contributed by atoms with van der Waals surface area (Å²) >= 11 is 1.95. The first-order chi connectivity index (χ1) is 9.65. The molecule has 1 fully saturated rings. The summed E-state index contributed by atoms with van der Waals surface area (Å²) in [6, 6.07) is 2.29. The molecule has 1 N–H and O–H groups in total. The molecule has 0 aromatic carbocycles. The van der Waals surface area contributed by atoms with Crippen LogP contribution in [-0.4, -0.2) is 17.3 Å². The Morgan fingerprint density at radius 1 is 1.35 bits per heavy atom. The maximum Gasteiger partial charge on any atom is 0.0989 e. The summed E-state index contributed by atoms with van der Waals surface area (Å²) in [5, 5.41) is 4.70. The Morgan fingerprint density at radius 3 is 2.75 bits per heavy atom. The van der Waals surface area contributed by atoms with Gasteiger partial charge in [-0.1, -0.05) is 32.8 Å². The molecule has 0 radical (unpaired) electrons. The van der Waals surface area contributed by atoms with Gasteiger partial charge in [-0.05, 0) is 49.3 Å². The van der Waals surface area contributed by atoms with Gasteiger partial charge in [0.15, 0.2) is 0 Å². The summed E-state index contributed by atoms with van der Waals surface area (Å²) in [4.78, 5) is 4.66. The maximum atomic E-state index is 4.66. The molecule has 0 spiro atoms. The normalized spacial score (nSPS) is 16.2. The van der Waals surface area contributed by atoms with Crippen LogP contribution in [0.15, 0.2) is 17.3 Å². The standard InChI is InChI=1S/C17H28N2S/c1-13(2)9-18-10-16-8-14(3)17(19-11-16)20-12-15-6-4-5-7-15/h8,11,13,15,18H,4-7,9-10,12H2,1-3H3. The molecule has 0 saturated heterocycles. The molecule has 3 heteroatoms. The molecule has 1 heterocycles. The summed E-state index contributed by atoms with van der Waals surface area (Å²) in [5.41, 5.74) is 2.63. The van der Waals surface area contributed by atoms with Crippen LogP contribution in [0, 0.1) is 18.8 Å². The Bertz CT molecular complexity index is 411. The fourth-order valence-corrected chi connectivity index (χ4v) is 3.89. The summed E-state index contributed by atoms with van der Waals surface area (Å²) in [5.74, 6) is 2.87. The van der Waals surface area contributed by atoms with Crippen molar-refractivity contribution in [2.75, 3.05) is 12.3 Å². The molecule has 2 nitrogen and oxygen atoms in total. The first-order valence-electron chi connectivity index (χ1n) is 7.94. The minimum atomic E-state index is 0.699. The largest absolute Gasteiger partial charge is 0.312 e. The molecule has 0 atom stereocenters. The Hall–Kier alpha value is -0.540. The van der Waals surface area contributed by atoms with E-state index in [4.69, 9.17) is 0 Å². The lowest BCUT2D eigenvalue weighted by atomic mass is 10.1. The van der Waals surface area contributed by atoms with Crippen LogP contribution in [0.1, 0.15) is 50.7 Å². The van der Waals surface area contributed by atoms with E-state index >= 15 is 0 Å². The third kappa shape index (κ3) is 5.10. The predicted octanol–water partition coefficient (Wildman–Crippen LogP) is 4.42. The number of rotatable bonds is 7. The van der Waals surface area contributed by atoms with Crippen molar-refractivity contribution in [2.24, 2.45) is 11.8 Å². The molecule has 1 saturated carbocycles. The molecule has 0 amide bonds. The zero-order valence-corrected chi connectivity index (χ0v) is 13.9. The fourth-order valence-electron chi connectivity index (χ4n) is 2.75. The molecular formula is C17H28N2S. The molecule has 0 aliphatic heterocycles. The highest BCUT2D eigenvalue weighted by atomic mass is 32.2. The summed E-state index contributed by atoms with van der Waals surface area (Å²) < 4.78 is 0. The highest BCUT2D eigenvalue weighted by Gasteiger charge is 2.15. The highest BCUT2D eigenvalue weighted by Crippen LogP contribution is 2.31. The van der Waals surface area contributed by atoms with Gasteiger partial charge in [0.25, 0.3) is 0 Å². The van der Waals surface area contributed by atoms with Gasteiger partial charge in [0.2, 0.25) is 0 Å². The van der Waals surface area contributed by atoms with Gasteiger partial charge in [0.05, 0.1) is 5.03 Å². The van der Waals surface area contributed by atoms with Gasteiger partial charge in [0, 0.05) is 18.5 Å². The number of hydrogen-bond acceptors (Lipinski definition) is 3. The van der Waals surface area contributed by atoms with E-state index in [2.05, 4.69) is 37.1 Å². The summed E-state index contributed by atoms with van der Waals surface area (Å²) in [6.45, 7) is 8.66. The monoisotopic (exact) mass is 292 g/mol. The topological polar surface area (TPSA) is 24.9 Å². The molecule has 1 aromatic rings. The SMILES string of the molecule is Cc1cc(CNCC(C)C)cnc1SCC1CCCC1. The zero-order chi connectivity index (χ0) is 14.4. The molecule has 1 aromatic heterocycles. The molecule has 20 heavy (non-hydrogen) atoms. The first-order valence-corrected chi connectivity index (χ1v) is 8.92. The van der Waals surface area contributed by atoms with Gasteiger partial charge in [-0.15, -0.1) is 11.8 Å². The van der Waals surface area contributed by atoms with Crippen LogP contribution < -0.4 is 5.32 Å². The van der Waals surface area contributed by atoms with Crippen LogP contribution in [-0.2, 0) is 6.54 Å². The van der Waals surface area contributed by atoms with E-state index in [1.54, 1.807) is 0 Å². The van der Waals surface area contributed by atoms with E-state index in [0.29, 0.717) is 5.92 Å². The van der Waals surface area contributed by atoms with Crippen molar-refractivity contribution in [1.82, 2.24) is 10.3 Å². The van der Waals surface area contributed by atoms with E-state index in [0.717, 1.165) is 19.0 Å². The molecule has 2 rings (SSSR count). The van der Waals surface area contributed by atoms with Gasteiger partial charge >= 0.3 is 0 Å². The number of aryl methyl sites for hydroxylation is 1. The van der Waals surface area contributed by atoms with Crippen molar-refractivity contribution in [2.45, 2.75) is 58.0 Å². The second kappa shape index (κ2) is 8.04. The van der Waals surface area contributed by atoms with E-state index < -0.39 is 0 Å². The van der Waals surface area contributed by atoms with Crippen LogP contribution in [0.4, 0.5) is 0 Å². The quantitative estimate of drug-likeness (QED) is 0.753. The number of thioether (sulfide) groups is 1. The van der Waals surface area contributed by atoms with Crippen molar-refractivity contribution < 1.29 is 0 Å². The Balaban J connectivity index is 1.81. The van der Waals surface area contributed by atoms with Gasteiger partial charge in [-0.2, -0.15) is 0 Å². The number of nitrogens with zero attached hydrogens (tertiary/aromatic N) is 1. The van der Waals surface area contributed by atoms with Crippen molar-refractivity contribution in [3.63, 3.8) is 0 Å². The van der Waals surface area contributed by atoms with Crippen molar-refractivity contribution in [1.29, 1.82) is 0 Å². The lowest BCUT2D eigenvalue weighted by Gasteiger charge is -2.11. The van der Waals surface area contributed by atoms with Crippen molar-refractivity contribution in [3.05, 3.63) is 23.4 Å². The number of nitrogens with one attached hydrogen (secondary N) is 1. The molecule has 112 valence electrons. The van der Waals surface area contributed by atoms with Gasteiger partial charge < -0.3 is 5.32 Å². The van der Waals surface area contributed by atoms with Crippen LogP contribution in [0.2, 0.25) is 0 Å². The van der Waals surface area contributed by atoms with Gasteiger partial charge in [0.1, 0.15) is 0 Å². The van der Waals surface area contributed by atoms with Gasteiger partial charge in [-0.3, -0.25) is 0 Å². The average molecular weight is 292 g/mol. The first kappa shape index (κ1) is 15.8. The van der Waals surface area contributed by atoms with E-state index in [1.807, 2.05) is 18.0 Å². The predicted molar refractivity (Wildman–Crippen MR) is 88.2 cm³/mol. The summed E-state index contributed by atoms with van der Waals surface area (Å²) in [6.07, 6.45) is 7.74. The maximum absolute atomic E-state index is 4.66. The fraction of sp³-hybridized carbons (Fsp3) is 0.706. The van der Waals surface area contributed by atoms with Crippen LogP contribution in [0.3, 0.4) is 0 Å². The van der Waals surface area contributed by atoms with Crippen molar-refractivity contribution >= 4 is 11.8 Å². The minimum Gasteiger partial charge on any atom is -0.312 e. The smallest absolute Gasteiger partial charge is 0.0989 e. The Labute approximate surface area is 128 Å². The Kier molecular flexibility index (Phi) is 6.37. The van der Waals surface area contributed by atoms with Crippen LogP contribution in [0.25, 0.3) is 0 Å². The van der Waals surface area contributed by atoms with Crippen LogP contribution in [0.5, 0.6) is 0 Å². The second-order valence-electron chi connectivity index (χ2n) is 6.45. The third-order valence-corrected chi connectivity index (χ3v) is 5.24. The second-order valence-corrected chi connectivity index (χ2v) is 7.46. The lowest BCUT2D eigenvalue weighted by Crippen LogP contribution is -2.19. The average Bonchev–Trinajstić information content (AvgIpc) is 2.90. The number of pyridine rings is 1. The summed E-state index contributed by atoms with van der Waals surface area (Å²) in [7, 11) is 0. The minimum absolute atomic E-state index is 0.699. The van der Waals surface area contributed by atoms with Crippen LogP contribution >= 0.6 is 11.8 Å². The van der Waals surface area contributed by atoms with Gasteiger partial charge in [-0.25, -0.2) is 4.98 Å². The molecule has 1 aliphatic carbocycles. The van der Waals surface area contributed by atoms with E-state index in [-0.39, 0.29) is 0 Å². The number of hydrogen-bond donors (Lipinski definition) is 1. The van der Waals surface area contributed by atoms with E-state index in [1.165, 1.54) is 47.6 Å². The van der Waals surface area contributed by atoms with Crippen molar-refractivity contribution in [3.8, 4) is 0 Å². The molecule has 1 aliphatic rings. The lowest BCUT2D eigenvalue weighted by molar-refractivity contribution is 0.551. The highest BCUT2D eigenvalue weighted by molar-refractivity contribution is 7.99.